The fourth-order valence-corrected chi connectivity index (χ4v) is 2.16. The summed E-state index contributed by atoms with van der Waals surface area (Å²) in [6, 6.07) is 6.16. The highest BCUT2D eigenvalue weighted by molar-refractivity contribution is 5.88. The van der Waals surface area contributed by atoms with Gasteiger partial charge in [0.1, 0.15) is 11.6 Å². The molecule has 1 aromatic rings. The van der Waals surface area contributed by atoms with Crippen molar-refractivity contribution in [3.63, 3.8) is 0 Å². The molecule has 2 rings (SSSR count). The molecular weight excluding hydrogens is 195 g/mol. The third kappa shape index (κ3) is 2.07. The molecule has 2 unspecified atom stereocenters. The van der Waals surface area contributed by atoms with Gasteiger partial charge in [-0.3, -0.25) is 4.79 Å². The van der Waals surface area contributed by atoms with Crippen molar-refractivity contribution in [3.05, 3.63) is 35.6 Å². The standard InChI is InChI=1S/C12H13FO2/c13-10-3-1-2-9(6-10)11-4-8(7-14)5-12(11)15/h1-3,6,8,11,14H,4-5,7H2. The average molecular weight is 208 g/mol. The topological polar surface area (TPSA) is 37.3 Å². The van der Waals surface area contributed by atoms with Crippen LogP contribution in [0.4, 0.5) is 4.39 Å². The van der Waals surface area contributed by atoms with Crippen molar-refractivity contribution in [1.82, 2.24) is 0 Å². The Kier molecular flexibility index (Phi) is 2.82. The first-order chi connectivity index (χ1) is 7.20. The molecule has 1 saturated carbocycles. The van der Waals surface area contributed by atoms with E-state index in [-0.39, 0.29) is 30.0 Å². The van der Waals surface area contributed by atoms with Crippen LogP contribution in [-0.2, 0) is 4.79 Å². The summed E-state index contributed by atoms with van der Waals surface area (Å²) in [5, 5.41) is 8.98. The second kappa shape index (κ2) is 4.11. The monoisotopic (exact) mass is 208 g/mol. The van der Waals surface area contributed by atoms with Crippen LogP contribution in [0.5, 0.6) is 0 Å². The first-order valence-corrected chi connectivity index (χ1v) is 5.09. The summed E-state index contributed by atoms with van der Waals surface area (Å²) in [6.07, 6.45) is 1.05. The van der Waals surface area contributed by atoms with Crippen LogP contribution in [-0.4, -0.2) is 17.5 Å². The average Bonchev–Trinajstić information content (AvgIpc) is 2.60. The van der Waals surface area contributed by atoms with Gasteiger partial charge in [-0.05, 0) is 30.0 Å². The number of halogens is 1. The Hall–Kier alpha value is -1.22. The van der Waals surface area contributed by atoms with E-state index in [1.54, 1.807) is 12.1 Å². The van der Waals surface area contributed by atoms with Crippen molar-refractivity contribution in [2.24, 2.45) is 5.92 Å². The minimum absolute atomic E-state index is 0.0392. The Morgan fingerprint density at radius 3 is 2.87 bits per heavy atom. The van der Waals surface area contributed by atoms with Crippen LogP contribution >= 0.6 is 0 Å². The maximum atomic E-state index is 13.0. The number of hydrogen-bond acceptors (Lipinski definition) is 2. The van der Waals surface area contributed by atoms with Crippen molar-refractivity contribution < 1.29 is 14.3 Å². The number of aliphatic hydroxyl groups is 1. The van der Waals surface area contributed by atoms with Crippen LogP contribution in [0, 0.1) is 11.7 Å². The molecule has 0 aromatic heterocycles. The number of carbonyl (C=O) groups is 1. The Labute approximate surface area is 87.7 Å². The SMILES string of the molecule is O=C1CC(CO)CC1c1cccc(F)c1. The minimum Gasteiger partial charge on any atom is -0.396 e. The first-order valence-electron chi connectivity index (χ1n) is 5.09. The van der Waals surface area contributed by atoms with Gasteiger partial charge in [0.05, 0.1) is 0 Å². The molecule has 0 heterocycles. The summed E-state index contributed by atoms with van der Waals surface area (Å²) in [5.74, 6) is -0.379. The fraction of sp³-hybridized carbons (Fsp3) is 0.417. The molecule has 0 radical (unpaired) electrons. The molecule has 0 amide bonds. The van der Waals surface area contributed by atoms with Crippen LogP contribution in [0.15, 0.2) is 24.3 Å². The number of aliphatic hydroxyl groups excluding tert-OH is 1. The molecule has 15 heavy (non-hydrogen) atoms. The lowest BCUT2D eigenvalue weighted by Crippen LogP contribution is -2.04. The lowest BCUT2D eigenvalue weighted by molar-refractivity contribution is -0.118. The lowest BCUT2D eigenvalue weighted by Gasteiger charge is -2.08. The van der Waals surface area contributed by atoms with Gasteiger partial charge >= 0.3 is 0 Å². The quantitative estimate of drug-likeness (QED) is 0.805. The number of rotatable bonds is 2. The Balaban J connectivity index is 2.21. The summed E-state index contributed by atoms with van der Waals surface area (Å²) in [7, 11) is 0. The van der Waals surface area contributed by atoms with Gasteiger partial charge in [0, 0.05) is 18.9 Å². The highest BCUT2D eigenvalue weighted by atomic mass is 19.1. The van der Waals surface area contributed by atoms with Crippen LogP contribution < -0.4 is 0 Å². The van der Waals surface area contributed by atoms with Crippen molar-refractivity contribution in [3.8, 4) is 0 Å². The van der Waals surface area contributed by atoms with Crippen LogP contribution in [0.2, 0.25) is 0 Å². The molecule has 0 bridgehead atoms. The zero-order valence-electron chi connectivity index (χ0n) is 8.32. The molecule has 2 atom stereocenters. The molecule has 1 aliphatic carbocycles. The molecule has 0 spiro atoms. The highest BCUT2D eigenvalue weighted by Crippen LogP contribution is 2.35. The predicted molar refractivity (Wildman–Crippen MR) is 54.0 cm³/mol. The number of benzene rings is 1. The van der Waals surface area contributed by atoms with Crippen molar-refractivity contribution in [1.29, 1.82) is 0 Å². The molecule has 1 aliphatic rings. The van der Waals surface area contributed by atoms with Crippen molar-refractivity contribution in [2.45, 2.75) is 18.8 Å². The summed E-state index contributed by atoms with van der Waals surface area (Å²) in [6.45, 7) is 0.0392. The maximum absolute atomic E-state index is 13.0. The third-order valence-electron chi connectivity index (χ3n) is 2.96. The largest absolute Gasteiger partial charge is 0.396 e. The summed E-state index contributed by atoms with van der Waals surface area (Å²) < 4.78 is 13.0. The van der Waals surface area contributed by atoms with Crippen molar-refractivity contribution >= 4 is 5.78 Å². The van der Waals surface area contributed by atoms with Gasteiger partial charge in [-0.15, -0.1) is 0 Å². The highest BCUT2D eigenvalue weighted by Gasteiger charge is 2.33. The van der Waals surface area contributed by atoms with Crippen LogP contribution in [0.25, 0.3) is 0 Å². The zero-order chi connectivity index (χ0) is 10.8. The van der Waals surface area contributed by atoms with Gasteiger partial charge in [0.25, 0.3) is 0 Å². The molecule has 0 aliphatic heterocycles. The summed E-state index contributed by atoms with van der Waals surface area (Å²) in [5.41, 5.74) is 0.732. The molecule has 80 valence electrons. The second-order valence-corrected chi connectivity index (χ2v) is 4.06. The van der Waals surface area contributed by atoms with Gasteiger partial charge in [-0.2, -0.15) is 0 Å². The van der Waals surface area contributed by atoms with Gasteiger partial charge in [-0.1, -0.05) is 12.1 Å². The summed E-state index contributed by atoms with van der Waals surface area (Å²) in [4.78, 5) is 11.6. The van der Waals surface area contributed by atoms with E-state index in [9.17, 15) is 9.18 Å². The number of carbonyl (C=O) groups excluding carboxylic acids is 1. The molecule has 0 saturated heterocycles. The third-order valence-corrected chi connectivity index (χ3v) is 2.96. The van der Waals surface area contributed by atoms with E-state index in [2.05, 4.69) is 0 Å². The van der Waals surface area contributed by atoms with E-state index >= 15 is 0 Å². The molecule has 1 aromatic carbocycles. The van der Waals surface area contributed by atoms with Gasteiger partial charge in [0.2, 0.25) is 0 Å². The smallest absolute Gasteiger partial charge is 0.140 e. The van der Waals surface area contributed by atoms with E-state index in [0.29, 0.717) is 12.8 Å². The van der Waals surface area contributed by atoms with Crippen molar-refractivity contribution in [2.75, 3.05) is 6.61 Å². The summed E-state index contributed by atoms with van der Waals surface area (Å²) >= 11 is 0. The lowest BCUT2D eigenvalue weighted by atomic mass is 9.96. The molecule has 1 N–H and O–H groups in total. The van der Waals surface area contributed by atoms with Crippen LogP contribution in [0.1, 0.15) is 24.3 Å². The van der Waals surface area contributed by atoms with Gasteiger partial charge in [-0.25, -0.2) is 4.39 Å². The van der Waals surface area contributed by atoms with E-state index in [1.807, 2.05) is 0 Å². The molecule has 3 heteroatoms. The first kappa shape index (κ1) is 10.3. The number of Topliss-reactive ketones (excluding diaryl/α,β-unsaturated/α-hetero) is 1. The van der Waals surface area contributed by atoms with E-state index in [1.165, 1.54) is 12.1 Å². The van der Waals surface area contributed by atoms with Crippen LogP contribution in [0.3, 0.4) is 0 Å². The normalized spacial score (nSPS) is 25.9. The number of hydrogen-bond donors (Lipinski definition) is 1. The zero-order valence-corrected chi connectivity index (χ0v) is 8.32. The van der Waals surface area contributed by atoms with Gasteiger partial charge in [0.15, 0.2) is 0 Å². The second-order valence-electron chi connectivity index (χ2n) is 4.06. The Bertz CT molecular complexity index is 376. The van der Waals surface area contributed by atoms with E-state index in [0.717, 1.165) is 5.56 Å². The van der Waals surface area contributed by atoms with Gasteiger partial charge < -0.3 is 5.11 Å². The Morgan fingerprint density at radius 2 is 2.27 bits per heavy atom. The van der Waals surface area contributed by atoms with E-state index in [4.69, 9.17) is 5.11 Å². The molecule has 2 nitrogen and oxygen atoms in total. The fourth-order valence-electron chi connectivity index (χ4n) is 2.16. The van der Waals surface area contributed by atoms with E-state index < -0.39 is 0 Å². The predicted octanol–water partition coefficient (Wildman–Crippen LogP) is 1.88. The number of ketones is 1. The molecular formula is C12H13FO2. The Morgan fingerprint density at radius 1 is 1.47 bits per heavy atom. The molecule has 1 fully saturated rings. The minimum atomic E-state index is -0.312. The maximum Gasteiger partial charge on any atom is 0.140 e.